The quantitative estimate of drug-likeness (QED) is 0.551. The first kappa shape index (κ1) is 23.3. The van der Waals surface area contributed by atoms with Gasteiger partial charge in [-0.25, -0.2) is 9.97 Å². The normalized spacial score (nSPS) is 14.6. The van der Waals surface area contributed by atoms with E-state index in [1.54, 1.807) is 27.2 Å². The number of rotatable bonds is 11. The third-order valence-electron chi connectivity index (χ3n) is 5.37. The van der Waals surface area contributed by atoms with Crippen LogP contribution in [-0.2, 0) is 6.42 Å². The van der Waals surface area contributed by atoms with Crippen molar-refractivity contribution in [3.05, 3.63) is 41.9 Å². The molecule has 1 aliphatic heterocycles. The third kappa shape index (κ3) is 7.36. The Labute approximate surface area is 186 Å². The van der Waals surface area contributed by atoms with E-state index >= 15 is 0 Å². The van der Waals surface area contributed by atoms with Crippen LogP contribution in [0.5, 0.6) is 11.5 Å². The van der Waals surface area contributed by atoms with E-state index in [1.807, 2.05) is 36.2 Å². The molecule has 1 fully saturated rings. The summed E-state index contributed by atoms with van der Waals surface area (Å²) in [6.45, 7) is 8.24. The number of likely N-dealkylation sites (N-methyl/N-ethyl adjacent to an activating group) is 1. The molecule has 0 aliphatic carbocycles. The molecule has 1 N–H and O–H groups in total. The molecule has 7 nitrogen and oxygen atoms in total. The summed E-state index contributed by atoms with van der Waals surface area (Å²) in [5.41, 5.74) is 0.272. The fourth-order valence-corrected chi connectivity index (χ4v) is 3.95. The largest absolute Gasteiger partial charge is 0.493 e. The van der Waals surface area contributed by atoms with Crippen molar-refractivity contribution in [3.8, 4) is 11.5 Å². The number of anilines is 1. The number of likely N-dealkylation sites (tertiary alicyclic amines) is 1. The summed E-state index contributed by atoms with van der Waals surface area (Å²) in [6, 6.07) is 7.84. The van der Waals surface area contributed by atoms with Gasteiger partial charge in [-0.15, -0.1) is 0 Å². The van der Waals surface area contributed by atoms with Gasteiger partial charge in [0.25, 0.3) is 0 Å². The number of aromatic nitrogens is 2. The lowest BCUT2D eigenvalue weighted by Gasteiger charge is -2.26. The van der Waals surface area contributed by atoms with Gasteiger partial charge in [0.2, 0.25) is 0 Å². The zero-order valence-electron chi connectivity index (χ0n) is 19.3. The summed E-state index contributed by atoms with van der Waals surface area (Å²) in [5.74, 6) is 3.02. The topological polar surface area (TPSA) is 71.0 Å². The van der Waals surface area contributed by atoms with Crippen molar-refractivity contribution in [3.63, 3.8) is 0 Å². The van der Waals surface area contributed by atoms with Crippen molar-refractivity contribution >= 4 is 5.82 Å². The fourth-order valence-electron chi connectivity index (χ4n) is 3.95. The Hall–Kier alpha value is -2.38. The van der Waals surface area contributed by atoms with Gasteiger partial charge in [-0.05, 0) is 70.0 Å². The lowest BCUT2D eigenvalue weighted by Crippen LogP contribution is -2.36. The second-order valence-electron chi connectivity index (χ2n) is 8.91. The molecule has 0 radical (unpaired) electrons. The second kappa shape index (κ2) is 10.8. The Kier molecular flexibility index (Phi) is 8.09. The summed E-state index contributed by atoms with van der Waals surface area (Å²) in [6.07, 6.45) is 5.99. The van der Waals surface area contributed by atoms with Gasteiger partial charge < -0.3 is 24.4 Å². The highest BCUT2D eigenvalue weighted by Gasteiger charge is 2.17. The minimum atomic E-state index is -0.795. The monoisotopic (exact) mass is 428 g/mol. The van der Waals surface area contributed by atoms with Gasteiger partial charge in [-0.1, -0.05) is 6.07 Å². The molecule has 2 heterocycles. The molecule has 3 rings (SSSR count). The van der Waals surface area contributed by atoms with E-state index in [-0.39, 0.29) is 0 Å². The second-order valence-corrected chi connectivity index (χ2v) is 8.91. The minimum absolute atomic E-state index is 0.488. The van der Waals surface area contributed by atoms with E-state index in [9.17, 15) is 5.11 Å². The van der Waals surface area contributed by atoms with Crippen LogP contribution < -0.4 is 14.4 Å². The van der Waals surface area contributed by atoms with E-state index in [1.165, 1.54) is 25.9 Å². The highest BCUT2D eigenvalue weighted by atomic mass is 16.5. The first-order chi connectivity index (χ1) is 14.8. The van der Waals surface area contributed by atoms with Crippen molar-refractivity contribution < 1.29 is 14.6 Å². The van der Waals surface area contributed by atoms with Crippen LogP contribution in [0.1, 0.15) is 44.5 Å². The van der Waals surface area contributed by atoms with Crippen LogP contribution in [0, 0.1) is 0 Å². The van der Waals surface area contributed by atoms with Gasteiger partial charge >= 0.3 is 0 Å². The number of benzene rings is 1. The Morgan fingerprint density at radius 2 is 1.94 bits per heavy atom. The van der Waals surface area contributed by atoms with Gasteiger partial charge in [0.15, 0.2) is 11.5 Å². The van der Waals surface area contributed by atoms with Crippen LogP contribution in [0.4, 0.5) is 5.82 Å². The molecule has 1 aromatic heterocycles. The van der Waals surface area contributed by atoms with E-state index in [0.717, 1.165) is 41.7 Å². The van der Waals surface area contributed by atoms with Crippen LogP contribution in [-0.4, -0.2) is 72.5 Å². The minimum Gasteiger partial charge on any atom is -0.493 e. The summed E-state index contributed by atoms with van der Waals surface area (Å²) in [4.78, 5) is 13.5. The third-order valence-corrected chi connectivity index (χ3v) is 5.37. The molecule has 7 heteroatoms. The van der Waals surface area contributed by atoms with Gasteiger partial charge in [0.05, 0.1) is 19.3 Å². The fraction of sp³-hybridized carbons (Fsp3) is 0.583. The average Bonchev–Trinajstić information content (AvgIpc) is 3.24. The smallest absolute Gasteiger partial charge is 0.161 e. The van der Waals surface area contributed by atoms with Gasteiger partial charge in [0, 0.05) is 32.8 Å². The molecule has 0 saturated carbocycles. The number of nitrogens with zero attached hydrogens (tertiary/aromatic N) is 4. The van der Waals surface area contributed by atoms with Crippen molar-refractivity contribution in [2.24, 2.45) is 0 Å². The lowest BCUT2D eigenvalue weighted by molar-refractivity contribution is 0.0884. The van der Waals surface area contributed by atoms with Crippen molar-refractivity contribution in [2.75, 3.05) is 51.8 Å². The number of hydrogen-bond acceptors (Lipinski definition) is 7. The van der Waals surface area contributed by atoms with E-state index in [4.69, 9.17) is 9.47 Å². The standard InChI is InChI=1S/C24H36N4O3/c1-24(2,29)18-27(3)23-10-11-25-22(26-23)17-19-8-9-20(30-4)21(16-19)31-15-7-14-28-12-5-6-13-28/h8-11,16,29H,5-7,12-15,17-18H2,1-4H3. The number of aliphatic hydroxyl groups is 1. The highest BCUT2D eigenvalue weighted by molar-refractivity contribution is 5.44. The number of hydrogen-bond donors (Lipinski definition) is 1. The summed E-state index contributed by atoms with van der Waals surface area (Å²) in [7, 11) is 3.59. The Morgan fingerprint density at radius 1 is 1.16 bits per heavy atom. The maximum Gasteiger partial charge on any atom is 0.161 e. The van der Waals surface area contributed by atoms with Crippen LogP contribution in [0.2, 0.25) is 0 Å². The molecule has 0 spiro atoms. The van der Waals surface area contributed by atoms with Gasteiger partial charge in [-0.2, -0.15) is 0 Å². The Morgan fingerprint density at radius 3 is 2.65 bits per heavy atom. The molecule has 31 heavy (non-hydrogen) atoms. The first-order valence-electron chi connectivity index (χ1n) is 11.1. The molecule has 0 bridgehead atoms. The maximum atomic E-state index is 10.1. The summed E-state index contributed by atoms with van der Waals surface area (Å²) in [5, 5.41) is 10.1. The number of methoxy groups -OCH3 is 1. The molecule has 1 saturated heterocycles. The highest BCUT2D eigenvalue weighted by Crippen LogP contribution is 2.29. The van der Waals surface area contributed by atoms with Crippen LogP contribution in [0.15, 0.2) is 30.5 Å². The Bertz CT molecular complexity index is 832. The van der Waals surface area contributed by atoms with Crippen molar-refractivity contribution in [1.82, 2.24) is 14.9 Å². The molecular formula is C24H36N4O3. The molecule has 1 aromatic carbocycles. The molecular weight excluding hydrogens is 392 g/mol. The summed E-state index contributed by atoms with van der Waals surface area (Å²) >= 11 is 0. The molecule has 1 aliphatic rings. The Balaban J connectivity index is 1.62. The van der Waals surface area contributed by atoms with E-state index in [0.29, 0.717) is 19.6 Å². The average molecular weight is 429 g/mol. The maximum absolute atomic E-state index is 10.1. The zero-order valence-corrected chi connectivity index (χ0v) is 19.3. The zero-order chi connectivity index (χ0) is 22.3. The number of ether oxygens (including phenoxy) is 2. The predicted molar refractivity (Wildman–Crippen MR) is 123 cm³/mol. The van der Waals surface area contributed by atoms with Crippen molar-refractivity contribution in [2.45, 2.75) is 45.1 Å². The van der Waals surface area contributed by atoms with E-state index < -0.39 is 5.60 Å². The molecule has 2 aromatic rings. The van der Waals surface area contributed by atoms with Gasteiger partial charge in [-0.3, -0.25) is 0 Å². The molecule has 0 atom stereocenters. The SMILES string of the molecule is COc1ccc(Cc2nccc(N(C)CC(C)(C)O)n2)cc1OCCCN1CCCC1. The molecule has 0 amide bonds. The van der Waals surface area contributed by atoms with E-state index in [2.05, 4.69) is 14.9 Å². The van der Waals surface area contributed by atoms with Crippen molar-refractivity contribution in [1.29, 1.82) is 0 Å². The predicted octanol–water partition coefficient (Wildman–Crippen LogP) is 3.15. The van der Waals surface area contributed by atoms with Gasteiger partial charge in [0.1, 0.15) is 11.6 Å². The molecule has 170 valence electrons. The lowest BCUT2D eigenvalue weighted by atomic mass is 10.1. The first-order valence-corrected chi connectivity index (χ1v) is 11.1. The van der Waals surface area contributed by atoms with Crippen LogP contribution in [0.3, 0.4) is 0 Å². The van der Waals surface area contributed by atoms with Crippen LogP contribution >= 0.6 is 0 Å². The molecule has 0 unspecified atom stereocenters. The summed E-state index contributed by atoms with van der Waals surface area (Å²) < 4.78 is 11.5. The van der Waals surface area contributed by atoms with Crippen LogP contribution in [0.25, 0.3) is 0 Å².